The van der Waals surface area contributed by atoms with Crippen LogP contribution in [0.2, 0.25) is 0 Å². The number of aliphatic hydroxyl groups is 1. The molecule has 0 aliphatic carbocycles. The fourth-order valence-corrected chi connectivity index (χ4v) is 2.76. The fraction of sp³-hybridized carbons (Fsp3) is 0.533. The van der Waals surface area contributed by atoms with E-state index in [4.69, 9.17) is 0 Å². The number of aliphatic hydroxyl groups excluding tert-OH is 1. The number of carbonyl (C=O) groups is 1. The lowest BCUT2D eigenvalue weighted by atomic mass is 10.1. The maximum atomic E-state index is 12.0. The summed E-state index contributed by atoms with van der Waals surface area (Å²) in [5.74, 6) is 0.00881. The molecular weight excluding hydrogens is 320 g/mol. The maximum Gasteiger partial charge on any atom is 0.234 e. The molecule has 2 rings (SSSR count). The number of hydrogen-bond acceptors (Lipinski definition) is 3. The number of carbonyl (C=O) groups excluding carboxylic acids is 1. The van der Waals surface area contributed by atoms with Gasteiger partial charge >= 0.3 is 0 Å². The molecule has 1 heterocycles. The normalized spacial score (nSPS) is 21.4. The van der Waals surface area contributed by atoms with E-state index in [1.807, 2.05) is 36.1 Å². The van der Waals surface area contributed by atoms with Gasteiger partial charge in [0.1, 0.15) is 0 Å². The molecule has 0 spiro atoms. The Morgan fingerprint density at radius 3 is 2.85 bits per heavy atom. The summed E-state index contributed by atoms with van der Waals surface area (Å²) in [6, 6.07) is 7.93. The molecule has 2 unspecified atom stereocenters. The number of benzene rings is 1. The minimum absolute atomic E-state index is 0.00881. The number of halogens is 1. The molecule has 4 nitrogen and oxygen atoms in total. The van der Waals surface area contributed by atoms with Gasteiger partial charge in [-0.25, -0.2) is 0 Å². The summed E-state index contributed by atoms with van der Waals surface area (Å²) in [6.07, 6.45) is 1.50. The van der Waals surface area contributed by atoms with Gasteiger partial charge in [-0.05, 0) is 44.0 Å². The van der Waals surface area contributed by atoms with Gasteiger partial charge in [-0.3, -0.25) is 9.69 Å². The zero-order chi connectivity index (χ0) is 14.5. The van der Waals surface area contributed by atoms with Crippen molar-refractivity contribution in [2.45, 2.75) is 31.9 Å². The van der Waals surface area contributed by atoms with Gasteiger partial charge in [0.05, 0.1) is 18.7 Å². The summed E-state index contributed by atoms with van der Waals surface area (Å²) in [6.45, 7) is 3.82. The molecule has 110 valence electrons. The number of nitrogens with one attached hydrogen (secondary N) is 1. The number of piperidine rings is 1. The van der Waals surface area contributed by atoms with Crippen LogP contribution in [0.25, 0.3) is 0 Å². The number of hydrogen-bond donors (Lipinski definition) is 2. The summed E-state index contributed by atoms with van der Waals surface area (Å²) in [4.78, 5) is 14.0. The second-order valence-corrected chi connectivity index (χ2v) is 6.29. The van der Waals surface area contributed by atoms with Crippen LogP contribution >= 0.6 is 15.9 Å². The second-order valence-electron chi connectivity index (χ2n) is 5.37. The van der Waals surface area contributed by atoms with Gasteiger partial charge in [0.25, 0.3) is 0 Å². The molecule has 0 radical (unpaired) electrons. The van der Waals surface area contributed by atoms with Crippen LogP contribution in [0.3, 0.4) is 0 Å². The predicted octanol–water partition coefficient (Wildman–Crippen LogP) is 2.08. The van der Waals surface area contributed by atoms with E-state index in [0.717, 1.165) is 29.4 Å². The third kappa shape index (κ3) is 4.58. The smallest absolute Gasteiger partial charge is 0.234 e. The first-order valence-corrected chi connectivity index (χ1v) is 7.79. The Morgan fingerprint density at radius 1 is 1.50 bits per heavy atom. The van der Waals surface area contributed by atoms with Crippen molar-refractivity contribution in [3.05, 3.63) is 34.3 Å². The Morgan fingerprint density at radius 2 is 2.20 bits per heavy atom. The largest absolute Gasteiger partial charge is 0.392 e. The van der Waals surface area contributed by atoms with Gasteiger partial charge in [-0.1, -0.05) is 28.1 Å². The van der Waals surface area contributed by atoms with Crippen molar-refractivity contribution in [2.75, 3.05) is 19.6 Å². The van der Waals surface area contributed by atoms with Gasteiger partial charge in [0.15, 0.2) is 0 Å². The molecule has 1 amide bonds. The minimum atomic E-state index is -0.291. The number of rotatable bonds is 4. The first-order valence-electron chi connectivity index (χ1n) is 7.00. The van der Waals surface area contributed by atoms with Crippen molar-refractivity contribution in [1.29, 1.82) is 0 Å². The quantitative estimate of drug-likeness (QED) is 0.882. The van der Waals surface area contributed by atoms with E-state index in [-0.39, 0.29) is 18.1 Å². The van der Waals surface area contributed by atoms with Crippen molar-refractivity contribution >= 4 is 21.8 Å². The van der Waals surface area contributed by atoms with Crippen molar-refractivity contribution in [1.82, 2.24) is 10.2 Å². The predicted molar refractivity (Wildman–Crippen MR) is 82.4 cm³/mol. The van der Waals surface area contributed by atoms with E-state index in [1.54, 1.807) is 0 Å². The molecule has 1 aliphatic heterocycles. The van der Waals surface area contributed by atoms with E-state index in [2.05, 4.69) is 21.2 Å². The SMILES string of the molecule is CC(NC(=O)CN1CCCC(O)C1)c1ccc(Br)cc1. The molecule has 5 heteroatoms. The first-order chi connectivity index (χ1) is 9.54. The van der Waals surface area contributed by atoms with Crippen molar-refractivity contribution in [3.63, 3.8) is 0 Å². The second kappa shape index (κ2) is 7.20. The van der Waals surface area contributed by atoms with Gasteiger partial charge in [0, 0.05) is 11.0 Å². The monoisotopic (exact) mass is 340 g/mol. The Bertz CT molecular complexity index is 450. The van der Waals surface area contributed by atoms with Crippen LogP contribution in [0.5, 0.6) is 0 Å². The highest BCUT2D eigenvalue weighted by atomic mass is 79.9. The molecular formula is C15H21BrN2O2. The van der Waals surface area contributed by atoms with Crippen LogP contribution in [0, 0.1) is 0 Å². The van der Waals surface area contributed by atoms with E-state index in [0.29, 0.717) is 13.1 Å². The highest BCUT2D eigenvalue weighted by Crippen LogP contribution is 2.16. The van der Waals surface area contributed by atoms with Crippen LogP contribution < -0.4 is 5.32 Å². The lowest BCUT2D eigenvalue weighted by Gasteiger charge is -2.29. The number of amides is 1. The highest BCUT2D eigenvalue weighted by Gasteiger charge is 2.20. The average molecular weight is 341 g/mol. The molecule has 20 heavy (non-hydrogen) atoms. The van der Waals surface area contributed by atoms with Gasteiger partial charge in [-0.15, -0.1) is 0 Å². The van der Waals surface area contributed by atoms with Crippen LogP contribution in [0.4, 0.5) is 0 Å². The number of β-amino-alcohol motifs (C(OH)–C–C–N with tert-alkyl or cyclic N) is 1. The molecule has 1 fully saturated rings. The Hall–Kier alpha value is -0.910. The van der Waals surface area contributed by atoms with Crippen molar-refractivity contribution < 1.29 is 9.90 Å². The van der Waals surface area contributed by atoms with E-state index in [1.165, 1.54) is 0 Å². The Balaban J connectivity index is 1.83. The molecule has 0 aromatic heterocycles. The zero-order valence-corrected chi connectivity index (χ0v) is 13.3. The van der Waals surface area contributed by atoms with Crippen LogP contribution in [0.1, 0.15) is 31.4 Å². The average Bonchev–Trinajstić information content (AvgIpc) is 2.39. The van der Waals surface area contributed by atoms with E-state index >= 15 is 0 Å². The van der Waals surface area contributed by atoms with Crippen LogP contribution in [0.15, 0.2) is 28.7 Å². The minimum Gasteiger partial charge on any atom is -0.392 e. The number of likely N-dealkylation sites (tertiary alicyclic amines) is 1. The lowest BCUT2D eigenvalue weighted by Crippen LogP contribution is -2.44. The van der Waals surface area contributed by atoms with E-state index in [9.17, 15) is 9.90 Å². The Labute approximate surface area is 128 Å². The molecule has 1 saturated heterocycles. The van der Waals surface area contributed by atoms with Gasteiger partial charge in [-0.2, -0.15) is 0 Å². The molecule has 1 aliphatic rings. The third-order valence-corrected chi connectivity index (χ3v) is 4.12. The molecule has 1 aromatic carbocycles. The topological polar surface area (TPSA) is 52.6 Å². The summed E-state index contributed by atoms with van der Waals surface area (Å²) in [7, 11) is 0. The maximum absolute atomic E-state index is 12.0. The lowest BCUT2D eigenvalue weighted by molar-refractivity contribution is -0.123. The zero-order valence-electron chi connectivity index (χ0n) is 11.7. The van der Waals surface area contributed by atoms with Crippen LogP contribution in [-0.2, 0) is 4.79 Å². The van der Waals surface area contributed by atoms with Gasteiger partial charge < -0.3 is 10.4 Å². The fourth-order valence-electron chi connectivity index (χ4n) is 2.50. The molecule has 0 bridgehead atoms. The molecule has 1 aromatic rings. The summed E-state index contributed by atoms with van der Waals surface area (Å²) in [5, 5.41) is 12.6. The molecule has 0 saturated carbocycles. The van der Waals surface area contributed by atoms with Crippen molar-refractivity contribution in [3.8, 4) is 0 Å². The molecule has 2 N–H and O–H groups in total. The first kappa shape index (κ1) is 15.5. The van der Waals surface area contributed by atoms with Gasteiger partial charge in [0.2, 0.25) is 5.91 Å². The highest BCUT2D eigenvalue weighted by molar-refractivity contribution is 9.10. The van der Waals surface area contributed by atoms with Crippen LogP contribution in [-0.4, -0.2) is 41.7 Å². The molecule has 2 atom stereocenters. The summed E-state index contributed by atoms with van der Waals surface area (Å²) < 4.78 is 1.03. The summed E-state index contributed by atoms with van der Waals surface area (Å²) >= 11 is 3.40. The van der Waals surface area contributed by atoms with E-state index < -0.39 is 0 Å². The Kier molecular flexibility index (Phi) is 5.57. The summed E-state index contributed by atoms with van der Waals surface area (Å²) in [5.41, 5.74) is 1.08. The van der Waals surface area contributed by atoms with Crippen molar-refractivity contribution in [2.24, 2.45) is 0 Å². The third-order valence-electron chi connectivity index (χ3n) is 3.60. The number of nitrogens with zero attached hydrogens (tertiary/aromatic N) is 1. The standard InChI is InChI=1S/C15H21BrN2O2/c1-11(12-4-6-13(16)7-5-12)17-15(20)10-18-8-2-3-14(19)9-18/h4-7,11,14,19H,2-3,8-10H2,1H3,(H,17,20).